The zero-order chi connectivity index (χ0) is 14.4. The lowest BCUT2D eigenvalue weighted by molar-refractivity contribution is -0.120. The van der Waals surface area contributed by atoms with Gasteiger partial charge in [-0.05, 0) is 30.5 Å². The Labute approximate surface area is 119 Å². The number of hydrogen-bond donors (Lipinski definition) is 1. The first-order chi connectivity index (χ1) is 9.74. The maximum atomic E-state index is 12.0. The fourth-order valence-corrected chi connectivity index (χ4v) is 2.10. The van der Waals surface area contributed by atoms with Crippen LogP contribution >= 0.6 is 0 Å². The summed E-state index contributed by atoms with van der Waals surface area (Å²) in [5.74, 6) is 0.169. The minimum atomic E-state index is 0.0807. The standard InChI is InChI=1S/C16H19N3O/c1-3-12(4-2)16(20)19-15-7-5-13(6-8-15)14-9-17-11-18-10-14/h5-12H,3-4H2,1-2H3,(H,19,20). The van der Waals surface area contributed by atoms with Crippen LogP contribution in [0, 0.1) is 5.92 Å². The van der Waals surface area contributed by atoms with Crippen molar-refractivity contribution in [2.75, 3.05) is 5.32 Å². The molecule has 2 rings (SSSR count). The number of nitrogens with one attached hydrogen (secondary N) is 1. The number of carbonyl (C=O) groups is 1. The van der Waals surface area contributed by atoms with Gasteiger partial charge in [-0.25, -0.2) is 9.97 Å². The molecule has 0 fully saturated rings. The Hall–Kier alpha value is -2.23. The minimum absolute atomic E-state index is 0.0807. The van der Waals surface area contributed by atoms with Crippen molar-refractivity contribution in [2.24, 2.45) is 5.92 Å². The van der Waals surface area contributed by atoms with E-state index in [4.69, 9.17) is 0 Å². The maximum Gasteiger partial charge on any atom is 0.227 e. The summed E-state index contributed by atoms with van der Waals surface area (Å²) in [7, 11) is 0. The Morgan fingerprint density at radius 2 is 1.65 bits per heavy atom. The molecule has 0 saturated heterocycles. The maximum absolute atomic E-state index is 12.0. The van der Waals surface area contributed by atoms with Gasteiger partial charge in [0.15, 0.2) is 0 Å². The summed E-state index contributed by atoms with van der Waals surface area (Å²) in [6.07, 6.45) is 6.77. The van der Waals surface area contributed by atoms with Crippen molar-refractivity contribution >= 4 is 11.6 Å². The lowest BCUT2D eigenvalue weighted by Gasteiger charge is -2.13. The van der Waals surface area contributed by atoms with E-state index in [1.807, 2.05) is 38.1 Å². The van der Waals surface area contributed by atoms with E-state index in [1.165, 1.54) is 6.33 Å². The highest BCUT2D eigenvalue weighted by Crippen LogP contribution is 2.20. The van der Waals surface area contributed by atoms with Crippen molar-refractivity contribution in [3.63, 3.8) is 0 Å². The third kappa shape index (κ3) is 3.41. The molecule has 104 valence electrons. The second-order valence-corrected chi connectivity index (χ2v) is 4.71. The Morgan fingerprint density at radius 1 is 1.05 bits per heavy atom. The van der Waals surface area contributed by atoms with E-state index in [0.717, 1.165) is 29.7 Å². The van der Waals surface area contributed by atoms with Crippen molar-refractivity contribution < 1.29 is 4.79 Å². The quantitative estimate of drug-likeness (QED) is 0.903. The van der Waals surface area contributed by atoms with Crippen LogP contribution < -0.4 is 5.32 Å². The zero-order valence-corrected chi connectivity index (χ0v) is 11.8. The molecule has 1 amide bonds. The van der Waals surface area contributed by atoms with Crippen LogP contribution in [0.1, 0.15) is 26.7 Å². The van der Waals surface area contributed by atoms with Crippen LogP contribution in [0.15, 0.2) is 43.0 Å². The number of aromatic nitrogens is 2. The van der Waals surface area contributed by atoms with Crippen molar-refractivity contribution in [2.45, 2.75) is 26.7 Å². The smallest absolute Gasteiger partial charge is 0.227 e. The molecule has 0 aliphatic carbocycles. The molecule has 1 aromatic carbocycles. The SMILES string of the molecule is CCC(CC)C(=O)Nc1ccc(-c2cncnc2)cc1. The summed E-state index contributed by atoms with van der Waals surface area (Å²) in [6, 6.07) is 7.73. The van der Waals surface area contributed by atoms with Gasteiger partial charge in [0, 0.05) is 29.6 Å². The van der Waals surface area contributed by atoms with E-state index in [9.17, 15) is 4.79 Å². The van der Waals surface area contributed by atoms with Crippen molar-refractivity contribution in [1.29, 1.82) is 0 Å². The van der Waals surface area contributed by atoms with Crippen LogP contribution in [0.5, 0.6) is 0 Å². The first-order valence-corrected chi connectivity index (χ1v) is 6.91. The van der Waals surface area contributed by atoms with Gasteiger partial charge in [0.25, 0.3) is 0 Å². The third-order valence-electron chi connectivity index (χ3n) is 3.40. The molecule has 0 saturated carbocycles. The Morgan fingerprint density at radius 3 is 2.20 bits per heavy atom. The summed E-state index contributed by atoms with van der Waals surface area (Å²) < 4.78 is 0. The van der Waals surface area contributed by atoms with E-state index in [-0.39, 0.29) is 11.8 Å². The van der Waals surface area contributed by atoms with Gasteiger partial charge < -0.3 is 5.32 Å². The normalized spacial score (nSPS) is 10.6. The highest BCUT2D eigenvalue weighted by molar-refractivity contribution is 5.92. The summed E-state index contributed by atoms with van der Waals surface area (Å²) in [5.41, 5.74) is 2.82. The van der Waals surface area contributed by atoms with Gasteiger partial charge in [-0.15, -0.1) is 0 Å². The number of rotatable bonds is 5. The predicted molar refractivity (Wildman–Crippen MR) is 80.2 cm³/mol. The number of anilines is 1. The molecule has 0 atom stereocenters. The first-order valence-electron chi connectivity index (χ1n) is 6.91. The molecule has 20 heavy (non-hydrogen) atoms. The fraction of sp³-hybridized carbons (Fsp3) is 0.312. The number of hydrogen-bond acceptors (Lipinski definition) is 3. The van der Waals surface area contributed by atoms with E-state index in [2.05, 4.69) is 15.3 Å². The van der Waals surface area contributed by atoms with Gasteiger partial charge in [0.05, 0.1) is 0 Å². The summed E-state index contributed by atoms with van der Waals surface area (Å²) in [5, 5.41) is 2.95. The molecular formula is C16H19N3O. The van der Waals surface area contributed by atoms with E-state index in [0.29, 0.717) is 0 Å². The number of nitrogens with zero attached hydrogens (tertiary/aromatic N) is 2. The average molecular weight is 269 g/mol. The Kier molecular flexibility index (Phi) is 4.82. The second kappa shape index (κ2) is 6.80. The molecule has 0 bridgehead atoms. The van der Waals surface area contributed by atoms with Crippen LogP contribution in [-0.4, -0.2) is 15.9 Å². The molecule has 0 aliphatic rings. The Balaban J connectivity index is 2.07. The van der Waals surface area contributed by atoms with Crippen LogP contribution in [0.2, 0.25) is 0 Å². The van der Waals surface area contributed by atoms with Gasteiger partial charge in [0.2, 0.25) is 5.91 Å². The van der Waals surface area contributed by atoms with E-state index >= 15 is 0 Å². The summed E-state index contributed by atoms with van der Waals surface area (Å²) in [4.78, 5) is 20.0. The van der Waals surface area contributed by atoms with Crippen LogP contribution in [0.3, 0.4) is 0 Å². The lowest BCUT2D eigenvalue weighted by atomic mass is 10.0. The van der Waals surface area contributed by atoms with Gasteiger partial charge in [-0.3, -0.25) is 4.79 Å². The first kappa shape index (κ1) is 14.2. The number of amides is 1. The van der Waals surface area contributed by atoms with Crippen molar-refractivity contribution in [3.05, 3.63) is 43.0 Å². The van der Waals surface area contributed by atoms with Gasteiger partial charge in [0.1, 0.15) is 6.33 Å². The second-order valence-electron chi connectivity index (χ2n) is 4.71. The molecule has 1 N–H and O–H groups in total. The average Bonchev–Trinajstić information content (AvgIpc) is 2.50. The molecule has 0 unspecified atom stereocenters. The molecule has 1 aromatic heterocycles. The molecule has 4 heteroatoms. The van der Waals surface area contributed by atoms with Crippen LogP contribution in [0.25, 0.3) is 11.1 Å². The largest absolute Gasteiger partial charge is 0.326 e. The van der Waals surface area contributed by atoms with Crippen LogP contribution in [0.4, 0.5) is 5.69 Å². The van der Waals surface area contributed by atoms with Crippen molar-refractivity contribution in [1.82, 2.24) is 9.97 Å². The molecule has 0 radical (unpaired) electrons. The van der Waals surface area contributed by atoms with Crippen LogP contribution in [-0.2, 0) is 4.79 Å². The highest BCUT2D eigenvalue weighted by Gasteiger charge is 2.13. The molecule has 2 aromatic rings. The predicted octanol–water partition coefficient (Wildman–Crippen LogP) is 3.52. The zero-order valence-electron chi connectivity index (χ0n) is 11.8. The monoisotopic (exact) mass is 269 g/mol. The third-order valence-corrected chi connectivity index (χ3v) is 3.40. The number of carbonyl (C=O) groups excluding carboxylic acids is 1. The van der Waals surface area contributed by atoms with Gasteiger partial charge in [-0.1, -0.05) is 26.0 Å². The molecule has 0 aliphatic heterocycles. The van der Waals surface area contributed by atoms with E-state index in [1.54, 1.807) is 12.4 Å². The summed E-state index contributed by atoms with van der Waals surface area (Å²) in [6.45, 7) is 4.07. The van der Waals surface area contributed by atoms with Crippen molar-refractivity contribution in [3.8, 4) is 11.1 Å². The Bertz CT molecular complexity index is 548. The van der Waals surface area contributed by atoms with Gasteiger partial charge >= 0.3 is 0 Å². The summed E-state index contributed by atoms with van der Waals surface area (Å²) >= 11 is 0. The molecular weight excluding hydrogens is 250 g/mol. The fourth-order valence-electron chi connectivity index (χ4n) is 2.10. The van der Waals surface area contributed by atoms with E-state index < -0.39 is 0 Å². The van der Waals surface area contributed by atoms with Gasteiger partial charge in [-0.2, -0.15) is 0 Å². The number of benzene rings is 1. The highest BCUT2D eigenvalue weighted by atomic mass is 16.1. The molecule has 0 spiro atoms. The topological polar surface area (TPSA) is 54.9 Å². The minimum Gasteiger partial charge on any atom is -0.326 e. The molecule has 4 nitrogen and oxygen atoms in total. The lowest BCUT2D eigenvalue weighted by Crippen LogP contribution is -2.21. The molecule has 1 heterocycles.